The first kappa shape index (κ1) is 12.7. The van der Waals surface area contributed by atoms with Crippen LogP contribution in [0.2, 0.25) is 5.15 Å². The van der Waals surface area contributed by atoms with E-state index in [2.05, 4.69) is 23.1 Å². The molecule has 0 saturated heterocycles. The molecule has 1 unspecified atom stereocenters. The van der Waals surface area contributed by atoms with Gasteiger partial charge in [-0.3, -0.25) is 0 Å². The molecule has 4 nitrogen and oxygen atoms in total. The summed E-state index contributed by atoms with van der Waals surface area (Å²) in [4.78, 5) is 8.01. The number of allylic oxidation sites excluding steroid dienone is 1. The Morgan fingerprint density at radius 2 is 2.06 bits per heavy atom. The predicted octanol–water partition coefficient (Wildman–Crippen LogP) is 1.97. The van der Waals surface area contributed by atoms with Crippen LogP contribution < -0.4 is 11.5 Å². The molecule has 0 aliphatic carbocycles. The zero-order valence-electron chi connectivity index (χ0n) is 8.99. The van der Waals surface area contributed by atoms with E-state index >= 15 is 0 Å². The molecule has 0 amide bonds. The number of anilines is 1. The molecular weight excluding hydrogens is 224 g/mol. The molecule has 5 heteroatoms. The van der Waals surface area contributed by atoms with Crippen molar-refractivity contribution in [3.63, 3.8) is 0 Å². The van der Waals surface area contributed by atoms with Crippen LogP contribution in [0.4, 0.5) is 5.95 Å². The average Bonchev–Trinajstić information content (AvgIpc) is 2.25. The van der Waals surface area contributed by atoms with Crippen LogP contribution in [0.3, 0.4) is 0 Å². The fourth-order valence-corrected chi connectivity index (χ4v) is 1.88. The molecule has 0 saturated carbocycles. The van der Waals surface area contributed by atoms with Crippen LogP contribution in [-0.2, 0) is 0 Å². The van der Waals surface area contributed by atoms with Crippen molar-refractivity contribution in [2.75, 3.05) is 12.3 Å². The highest BCUT2D eigenvalue weighted by Crippen LogP contribution is 2.29. The highest BCUT2D eigenvalue weighted by Gasteiger charge is 2.18. The number of nitrogens with zero attached hydrogens (tertiary/aromatic N) is 2. The zero-order chi connectivity index (χ0) is 12.1. The van der Waals surface area contributed by atoms with Crippen molar-refractivity contribution in [2.45, 2.75) is 12.3 Å². The minimum absolute atomic E-state index is 0.0404. The van der Waals surface area contributed by atoms with E-state index in [4.69, 9.17) is 23.1 Å². The Hall–Kier alpha value is -1.39. The molecule has 1 heterocycles. The van der Waals surface area contributed by atoms with Gasteiger partial charge in [0.15, 0.2) is 0 Å². The molecule has 1 aromatic rings. The number of aromatic nitrogens is 2. The lowest BCUT2D eigenvalue weighted by atomic mass is 9.95. The van der Waals surface area contributed by atoms with E-state index in [-0.39, 0.29) is 11.9 Å². The smallest absolute Gasteiger partial charge is 0.221 e. The lowest BCUT2D eigenvalue weighted by Crippen LogP contribution is -2.15. The first-order valence-corrected chi connectivity index (χ1v) is 5.28. The van der Waals surface area contributed by atoms with Gasteiger partial charge < -0.3 is 11.5 Å². The predicted molar refractivity (Wildman–Crippen MR) is 68.2 cm³/mol. The number of nitrogen functional groups attached to an aromatic ring is 1. The third-order valence-electron chi connectivity index (χ3n) is 2.28. The highest BCUT2D eigenvalue weighted by atomic mass is 35.5. The number of hydrogen-bond donors (Lipinski definition) is 2. The second kappa shape index (κ2) is 5.63. The molecule has 86 valence electrons. The van der Waals surface area contributed by atoms with Crippen molar-refractivity contribution in [2.24, 2.45) is 5.73 Å². The van der Waals surface area contributed by atoms with Crippen LogP contribution in [0.15, 0.2) is 19.2 Å². The fourth-order valence-electron chi connectivity index (χ4n) is 1.54. The van der Waals surface area contributed by atoms with Gasteiger partial charge in [0, 0.05) is 11.5 Å². The molecule has 1 atom stereocenters. The maximum atomic E-state index is 6.05. The number of halogens is 1. The van der Waals surface area contributed by atoms with Crippen LogP contribution in [0.1, 0.15) is 23.6 Å². The maximum absolute atomic E-state index is 6.05. The summed E-state index contributed by atoms with van der Waals surface area (Å²) in [5.41, 5.74) is 12.6. The molecule has 0 spiro atoms. The monoisotopic (exact) mass is 238 g/mol. The van der Waals surface area contributed by atoms with Gasteiger partial charge in [0.1, 0.15) is 5.15 Å². The second-order valence-corrected chi connectivity index (χ2v) is 3.69. The van der Waals surface area contributed by atoms with Crippen molar-refractivity contribution in [1.29, 1.82) is 0 Å². The fraction of sp³-hybridized carbons (Fsp3) is 0.273. The average molecular weight is 239 g/mol. The molecule has 4 N–H and O–H groups in total. The SMILES string of the molecule is C=CCC(CN)c1c(Cl)nc(N)nc1C=C. The number of hydrogen-bond acceptors (Lipinski definition) is 4. The third kappa shape index (κ3) is 2.59. The summed E-state index contributed by atoms with van der Waals surface area (Å²) in [7, 11) is 0. The molecule has 0 radical (unpaired) electrons. The minimum Gasteiger partial charge on any atom is -0.368 e. The molecule has 1 aromatic heterocycles. The maximum Gasteiger partial charge on any atom is 0.221 e. The zero-order valence-corrected chi connectivity index (χ0v) is 9.74. The van der Waals surface area contributed by atoms with Gasteiger partial charge in [-0.1, -0.05) is 24.3 Å². The standard InChI is InChI=1S/C11H15ClN4/c1-3-5-7(6-13)9-8(4-2)15-11(14)16-10(9)12/h3-4,7H,1-2,5-6,13H2,(H2,14,15,16). The molecule has 0 fully saturated rings. The molecule has 0 aromatic carbocycles. The number of rotatable bonds is 5. The van der Waals surface area contributed by atoms with Gasteiger partial charge in [0.25, 0.3) is 0 Å². The van der Waals surface area contributed by atoms with E-state index in [1.807, 2.05) is 0 Å². The Balaban J connectivity index is 3.28. The van der Waals surface area contributed by atoms with E-state index in [1.54, 1.807) is 12.2 Å². The van der Waals surface area contributed by atoms with Crippen molar-refractivity contribution in [3.05, 3.63) is 35.6 Å². The molecule has 1 rings (SSSR count). The van der Waals surface area contributed by atoms with Crippen LogP contribution in [0.5, 0.6) is 0 Å². The van der Waals surface area contributed by atoms with Crippen LogP contribution in [0, 0.1) is 0 Å². The summed E-state index contributed by atoms with van der Waals surface area (Å²) >= 11 is 6.05. The van der Waals surface area contributed by atoms with Crippen molar-refractivity contribution in [3.8, 4) is 0 Å². The van der Waals surface area contributed by atoms with Gasteiger partial charge in [0.2, 0.25) is 5.95 Å². The molecular formula is C11H15ClN4. The van der Waals surface area contributed by atoms with Crippen LogP contribution >= 0.6 is 11.6 Å². The molecule has 16 heavy (non-hydrogen) atoms. The van der Waals surface area contributed by atoms with Gasteiger partial charge >= 0.3 is 0 Å². The van der Waals surface area contributed by atoms with Gasteiger partial charge in [-0.15, -0.1) is 6.58 Å². The number of nitrogens with two attached hydrogens (primary N) is 2. The van der Waals surface area contributed by atoms with E-state index in [0.29, 0.717) is 23.8 Å². The summed E-state index contributed by atoms with van der Waals surface area (Å²) in [5.74, 6) is 0.177. The Morgan fingerprint density at radius 3 is 2.56 bits per heavy atom. The van der Waals surface area contributed by atoms with Crippen LogP contribution in [0.25, 0.3) is 6.08 Å². The highest BCUT2D eigenvalue weighted by molar-refractivity contribution is 6.30. The van der Waals surface area contributed by atoms with Crippen molar-refractivity contribution in [1.82, 2.24) is 9.97 Å². The lowest BCUT2D eigenvalue weighted by Gasteiger charge is -2.16. The van der Waals surface area contributed by atoms with E-state index in [0.717, 1.165) is 5.56 Å². The van der Waals surface area contributed by atoms with Crippen molar-refractivity contribution < 1.29 is 0 Å². The lowest BCUT2D eigenvalue weighted by molar-refractivity contribution is 0.702. The van der Waals surface area contributed by atoms with Crippen LogP contribution in [-0.4, -0.2) is 16.5 Å². The quantitative estimate of drug-likeness (QED) is 0.607. The molecule has 0 bridgehead atoms. The van der Waals surface area contributed by atoms with Crippen molar-refractivity contribution >= 4 is 23.6 Å². The Labute approximate surface area is 100 Å². The third-order valence-corrected chi connectivity index (χ3v) is 2.57. The topological polar surface area (TPSA) is 77.8 Å². The Morgan fingerprint density at radius 1 is 1.38 bits per heavy atom. The summed E-state index contributed by atoms with van der Waals surface area (Å²) in [6, 6.07) is 0. The van der Waals surface area contributed by atoms with Gasteiger partial charge in [-0.2, -0.15) is 0 Å². The van der Waals surface area contributed by atoms with Gasteiger partial charge in [-0.25, -0.2) is 9.97 Å². The second-order valence-electron chi connectivity index (χ2n) is 3.33. The van der Waals surface area contributed by atoms with E-state index in [1.165, 1.54) is 0 Å². The van der Waals surface area contributed by atoms with E-state index < -0.39 is 0 Å². The van der Waals surface area contributed by atoms with Gasteiger partial charge in [-0.05, 0) is 19.0 Å². The summed E-state index contributed by atoms with van der Waals surface area (Å²) < 4.78 is 0. The Kier molecular flexibility index (Phi) is 4.46. The first-order chi connectivity index (χ1) is 7.63. The summed E-state index contributed by atoms with van der Waals surface area (Å²) in [6.45, 7) is 7.81. The van der Waals surface area contributed by atoms with E-state index in [9.17, 15) is 0 Å². The van der Waals surface area contributed by atoms with Gasteiger partial charge in [0.05, 0.1) is 5.69 Å². The minimum atomic E-state index is 0.0404. The first-order valence-electron chi connectivity index (χ1n) is 4.90. The normalized spacial score (nSPS) is 12.1. The summed E-state index contributed by atoms with van der Waals surface area (Å²) in [5, 5.41) is 0.333. The summed E-state index contributed by atoms with van der Waals surface area (Å²) in [6.07, 6.45) is 4.10. The molecule has 0 aliphatic rings. The Bertz CT molecular complexity index is 403. The molecule has 0 aliphatic heterocycles. The largest absolute Gasteiger partial charge is 0.368 e.